The quantitative estimate of drug-likeness (QED) is 0.251. The van der Waals surface area contributed by atoms with E-state index in [-0.39, 0.29) is 5.56 Å². The van der Waals surface area contributed by atoms with Gasteiger partial charge in [0.15, 0.2) is 0 Å². The predicted octanol–water partition coefficient (Wildman–Crippen LogP) is 5.98. The molecule has 0 unspecified atom stereocenters. The second kappa shape index (κ2) is 10.1. The number of carbonyl (C=O) groups is 1. The van der Waals surface area contributed by atoms with E-state index >= 15 is 0 Å². The maximum absolute atomic E-state index is 13.0. The lowest BCUT2D eigenvalue weighted by atomic mass is 10.1. The fraction of sp³-hybridized carbons (Fsp3) is 0.125. The lowest BCUT2D eigenvalue weighted by Gasteiger charge is -2.14. The molecular weight excluding hydrogens is 477 g/mol. The SMILES string of the molecule is CSc1cc(-c2cncnc2Nc2cc(NC(=O)c3cccc(C(F)(F)F)c3)ccc2C)ncn1. The van der Waals surface area contributed by atoms with Crippen LogP contribution in [0.25, 0.3) is 11.3 Å². The number of benzene rings is 2. The molecule has 0 fully saturated rings. The van der Waals surface area contributed by atoms with E-state index in [4.69, 9.17) is 0 Å². The number of aryl methyl sites for hydroxylation is 1. The number of nitrogens with zero attached hydrogens (tertiary/aromatic N) is 4. The third kappa shape index (κ3) is 5.75. The van der Waals surface area contributed by atoms with Crippen molar-refractivity contribution < 1.29 is 18.0 Å². The standard InChI is InChI=1S/C24H19F3N6OS/c1-14-6-7-17(32-23(34)15-4-3-5-16(8-15)24(25,26)27)9-19(14)33-22-18(11-28-12-31-22)20-10-21(35-2)30-13-29-20/h3-13H,1-2H3,(H,32,34)(H,28,31,33). The molecule has 11 heteroatoms. The van der Waals surface area contributed by atoms with Crippen molar-refractivity contribution in [2.24, 2.45) is 0 Å². The normalized spacial score (nSPS) is 11.2. The number of halogens is 3. The molecule has 1 amide bonds. The van der Waals surface area contributed by atoms with E-state index in [9.17, 15) is 18.0 Å². The number of anilines is 3. The van der Waals surface area contributed by atoms with Gasteiger partial charge < -0.3 is 10.6 Å². The Hall–Kier alpha value is -3.99. The van der Waals surface area contributed by atoms with Crippen molar-refractivity contribution in [3.63, 3.8) is 0 Å². The van der Waals surface area contributed by atoms with Crippen molar-refractivity contribution in [1.29, 1.82) is 0 Å². The van der Waals surface area contributed by atoms with Gasteiger partial charge in [-0.25, -0.2) is 19.9 Å². The topological polar surface area (TPSA) is 92.7 Å². The molecule has 2 N–H and O–H groups in total. The van der Waals surface area contributed by atoms with Gasteiger partial charge in [-0.3, -0.25) is 4.79 Å². The molecule has 0 saturated heterocycles. The van der Waals surface area contributed by atoms with E-state index in [0.29, 0.717) is 28.5 Å². The number of thioether (sulfide) groups is 1. The number of carbonyl (C=O) groups excluding carboxylic acids is 1. The van der Waals surface area contributed by atoms with Gasteiger partial charge in [-0.2, -0.15) is 13.2 Å². The number of hydrogen-bond acceptors (Lipinski definition) is 7. The van der Waals surface area contributed by atoms with Crippen molar-refractivity contribution >= 4 is 34.9 Å². The van der Waals surface area contributed by atoms with Crippen LogP contribution in [0.1, 0.15) is 21.5 Å². The molecule has 0 spiro atoms. The second-order valence-electron chi connectivity index (χ2n) is 7.42. The minimum Gasteiger partial charge on any atom is -0.339 e. The molecule has 0 radical (unpaired) electrons. The van der Waals surface area contributed by atoms with E-state index in [2.05, 4.69) is 30.6 Å². The van der Waals surface area contributed by atoms with Crippen LogP contribution in [-0.2, 0) is 6.18 Å². The Morgan fingerprint density at radius 1 is 1.00 bits per heavy atom. The smallest absolute Gasteiger partial charge is 0.339 e. The molecule has 2 heterocycles. The van der Waals surface area contributed by atoms with Crippen LogP contribution < -0.4 is 10.6 Å². The molecule has 0 aliphatic heterocycles. The zero-order valence-electron chi connectivity index (χ0n) is 18.6. The highest BCUT2D eigenvalue weighted by Gasteiger charge is 2.30. The maximum atomic E-state index is 13.0. The summed E-state index contributed by atoms with van der Waals surface area (Å²) in [6.45, 7) is 1.87. The fourth-order valence-corrected chi connectivity index (χ4v) is 3.60. The third-order valence-corrected chi connectivity index (χ3v) is 5.68. The van der Waals surface area contributed by atoms with E-state index < -0.39 is 17.6 Å². The van der Waals surface area contributed by atoms with Crippen LogP contribution in [-0.4, -0.2) is 32.1 Å². The number of aromatic nitrogens is 4. The first-order valence-electron chi connectivity index (χ1n) is 10.3. The Bertz CT molecular complexity index is 1380. The van der Waals surface area contributed by atoms with Gasteiger partial charge >= 0.3 is 6.18 Å². The minimum atomic E-state index is -4.53. The monoisotopic (exact) mass is 496 g/mol. The van der Waals surface area contributed by atoms with Gasteiger partial charge in [0.2, 0.25) is 0 Å². The summed E-state index contributed by atoms with van der Waals surface area (Å²) in [5.41, 5.74) is 2.22. The zero-order valence-corrected chi connectivity index (χ0v) is 19.4. The van der Waals surface area contributed by atoms with Gasteiger partial charge in [0.25, 0.3) is 5.91 Å². The Morgan fingerprint density at radius 2 is 1.83 bits per heavy atom. The van der Waals surface area contributed by atoms with E-state index in [0.717, 1.165) is 22.7 Å². The first-order chi connectivity index (χ1) is 16.7. The van der Waals surface area contributed by atoms with Gasteiger partial charge in [-0.15, -0.1) is 11.8 Å². The number of nitrogens with one attached hydrogen (secondary N) is 2. The molecule has 2 aromatic carbocycles. The summed E-state index contributed by atoms with van der Waals surface area (Å²) >= 11 is 1.48. The fourth-order valence-electron chi connectivity index (χ4n) is 3.22. The van der Waals surface area contributed by atoms with Crippen LogP contribution >= 0.6 is 11.8 Å². The molecule has 4 rings (SSSR count). The summed E-state index contributed by atoms with van der Waals surface area (Å²) in [6.07, 6.45) is 1.88. The summed E-state index contributed by atoms with van der Waals surface area (Å²) in [6, 6.07) is 11.2. The average Bonchev–Trinajstić information content (AvgIpc) is 2.86. The van der Waals surface area contributed by atoms with Gasteiger partial charge in [0.05, 0.1) is 21.8 Å². The molecule has 2 aromatic heterocycles. The number of amides is 1. The number of alkyl halides is 3. The molecule has 0 aliphatic rings. The highest BCUT2D eigenvalue weighted by atomic mass is 32.2. The van der Waals surface area contributed by atoms with Crippen molar-refractivity contribution in [3.8, 4) is 11.3 Å². The zero-order chi connectivity index (χ0) is 25.0. The Morgan fingerprint density at radius 3 is 2.60 bits per heavy atom. The molecule has 178 valence electrons. The van der Waals surface area contributed by atoms with E-state index in [1.165, 1.54) is 36.5 Å². The van der Waals surface area contributed by atoms with E-state index in [1.54, 1.807) is 24.4 Å². The summed E-state index contributed by atoms with van der Waals surface area (Å²) in [4.78, 5) is 29.5. The van der Waals surface area contributed by atoms with Crippen LogP contribution in [0.15, 0.2) is 72.4 Å². The van der Waals surface area contributed by atoms with Crippen LogP contribution in [0.2, 0.25) is 0 Å². The van der Waals surface area contributed by atoms with Gasteiger partial charge in [-0.05, 0) is 55.1 Å². The summed E-state index contributed by atoms with van der Waals surface area (Å²) in [5, 5.41) is 6.68. The molecule has 0 saturated carbocycles. The van der Waals surface area contributed by atoms with E-state index in [1.807, 2.05) is 19.2 Å². The Labute approximate surface area is 203 Å². The predicted molar refractivity (Wildman–Crippen MR) is 129 cm³/mol. The van der Waals surface area contributed by atoms with Crippen LogP contribution in [0.3, 0.4) is 0 Å². The van der Waals surface area contributed by atoms with Crippen LogP contribution in [0, 0.1) is 6.92 Å². The van der Waals surface area contributed by atoms with Gasteiger partial charge in [0.1, 0.15) is 18.5 Å². The maximum Gasteiger partial charge on any atom is 0.416 e. The summed E-state index contributed by atoms with van der Waals surface area (Å²) in [7, 11) is 0. The first kappa shape index (κ1) is 24.1. The second-order valence-corrected chi connectivity index (χ2v) is 8.24. The molecule has 35 heavy (non-hydrogen) atoms. The third-order valence-electron chi connectivity index (χ3n) is 5.04. The Balaban J connectivity index is 1.59. The van der Waals surface area contributed by atoms with Crippen molar-refractivity contribution in [2.45, 2.75) is 18.1 Å². The lowest BCUT2D eigenvalue weighted by molar-refractivity contribution is -0.137. The minimum absolute atomic E-state index is 0.0960. The van der Waals surface area contributed by atoms with Crippen molar-refractivity contribution in [1.82, 2.24) is 19.9 Å². The largest absolute Gasteiger partial charge is 0.416 e. The van der Waals surface area contributed by atoms with Gasteiger partial charge in [-0.1, -0.05) is 12.1 Å². The molecule has 4 aromatic rings. The summed E-state index contributed by atoms with van der Waals surface area (Å²) in [5.74, 6) is -0.158. The number of rotatable bonds is 6. The number of hydrogen-bond donors (Lipinski definition) is 2. The van der Waals surface area contributed by atoms with Crippen molar-refractivity contribution in [3.05, 3.63) is 84.1 Å². The first-order valence-corrected chi connectivity index (χ1v) is 11.5. The summed E-state index contributed by atoms with van der Waals surface area (Å²) < 4.78 is 39.0. The van der Waals surface area contributed by atoms with Gasteiger partial charge in [0, 0.05) is 23.1 Å². The lowest BCUT2D eigenvalue weighted by Crippen LogP contribution is -2.14. The highest BCUT2D eigenvalue weighted by Crippen LogP contribution is 2.31. The van der Waals surface area contributed by atoms with Crippen molar-refractivity contribution in [2.75, 3.05) is 16.9 Å². The molecular formula is C24H19F3N6OS. The molecule has 0 bridgehead atoms. The van der Waals surface area contributed by atoms with Crippen LogP contribution in [0.4, 0.5) is 30.4 Å². The molecule has 0 aliphatic carbocycles. The Kier molecular flexibility index (Phi) is 6.97. The molecule has 0 atom stereocenters. The average molecular weight is 497 g/mol. The van der Waals surface area contributed by atoms with Crippen LogP contribution in [0.5, 0.6) is 0 Å². The highest BCUT2D eigenvalue weighted by molar-refractivity contribution is 7.98. The molecule has 7 nitrogen and oxygen atoms in total.